The molecule has 1 aliphatic rings. The molecule has 4 aromatic rings. The van der Waals surface area contributed by atoms with E-state index in [-0.39, 0.29) is 30.0 Å². The van der Waals surface area contributed by atoms with Gasteiger partial charge in [-0.15, -0.1) is 22.7 Å². The number of benzene rings is 1. The van der Waals surface area contributed by atoms with Gasteiger partial charge in [-0.05, 0) is 55.4 Å². The number of hydrogen-bond acceptors (Lipinski definition) is 10. The second-order valence-corrected chi connectivity index (χ2v) is 11.9. The Balaban J connectivity index is 1.29. The third-order valence-corrected chi connectivity index (χ3v) is 9.25. The Morgan fingerprint density at radius 3 is 2.66 bits per heavy atom. The van der Waals surface area contributed by atoms with Gasteiger partial charge in [0, 0.05) is 4.88 Å². The van der Waals surface area contributed by atoms with Crippen molar-refractivity contribution in [2.75, 3.05) is 25.6 Å². The van der Waals surface area contributed by atoms with E-state index in [1.807, 2.05) is 18.2 Å². The Labute approximate surface area is 243 Å². The van der Waals surface area contributed by atoms with E-state index in [4.69, 9.17) is 14.2 Å². The lowest BCUT2D eigenvalue weighted by Crippen LogP contribution is -2.28. The SMILES string of the molecule is COC(=O)c1c(NC(=O)Cn2cnc3sc(C(=O)OCCOc4ccccc4)c(C)c3c2=O)sc2c1CCC(C)C2. The molecule has 0 fully saturated rings. The lowest BCUT2D eigenvalue weighted by atomic mass is 9.88. The zero-order chi connectivity index (χ0) is 29.1. The van der Waals surface area contributed by atoms with E-state index in [1.165, 1.54) is 29.3 Å². The smallest absolute Gasteiger partial charge is 0.348 e. The van der Waals surface area contributed by atoms with Crippen molar-refractivity contribution in [1.82, 2.24) is 9.55 Å². The summed E-state index contributed by atoms with van der Waals surface area (Å²) in [4.78, 5) is 57.7. The third-order valence-electron chi connectivity index (χ3n) is 6.90. The fourth-order valence-corrected chi connectivity index (χ4v) is 7.27. The molecule has 1 amide bonds. The molecule has 1 atom stereocenters. The number of nitrogens with one attached hydrogen (secondary N) is 1. The maximum Gasteiger partial charge on any atom is 0.348 e. The lowest BCUT2D eigenvalue weighted by molar-refractivity contribution is -0.116. The number of carbonyl (C=O) groups is 3. The van der Waals surface area contributed by atoms with E-state index in [0.29, 0.717) is 32.6 Å². The van der Waals surface area contributed by atoms with Crippen LogP contribution >= 0.6 is 22.7 Å². The second-order valence-electron chi connectivity index (χ2n) is 9.81. The van der Waals surface area contributed by atoms with Crippen molar-refractivity contribution in [3.63, 3.8) is 0 Å². The molecule has 12 heteroatoms. The van der Waals surface area contributed by atoms with E-state index >= 15 is 0 Å². The first-order valence-corrected chi connectivity index (χ1v) is 14.8. The molecule has 1 N–H and O–H groups in total. The average Bonchev–Trinajstić information content (AvgIpc) is 3.49. The Morgan fingerprint density at radius 1 is 1.12 bits per heavy atom. The van der Waals surface area contributed by atoms with Crippen LogP contribution in [0, 0.1) is 12.8 Å². The van der Waals surface area contributed by atoms with Crippen molar-refractivity contribution in [3.05, 3.63) is 73.5 Å². The van der Waals surface area contributed by atoms with Gasteiger partial charge < -0.3 is 19.5 Å². The van der Waals surface area contributed by atoms with Crippen LogP contribution in [0.2, 0.25) is 0 Å². The van der Waals surface area contributed by atoms with Gasteiger partial charge in [-0.1, -0.05) is 25.1 Å². The molecule has 0 bridgehead atoms. The quantitative estimate of drug-likeness (QED) is 0.220. The van der Waals surface area contributed by atoms with Crippen LogP contribution in [0.25, 0.3) is 10.2 Å². The largest absolute Gasteiger partial charge is 0.490 e. The molecule has 214 valence electrons. The van der Waals surface area contributed by atoms with E-state index in [9.17, 15) is 19.2 Å². The molecule has 0 saturated heterocycles. The molecule has 0 saturated carbocycles. The van der Waals surface area contributed by atoms with Gasteiger partial charge in [-0.3, -0.25) is 14.2 Å². The normalized spacial score (nSPS) is 14.4. The van der Waals surface area contributed by atoms with Gasteiger partial charge in [0.05, 0.1) is 24.4 Å². The molecule has 1 unspecified atom stereocenters. The summed E-state index contributed by atoms with van der Waals surface area (Å²) in [5.41, 5.74) is 1.31. The first-order valence-electron chi connectivity index (χ1n) is 13.1. The van der Waals surface area contributed by atoms with E-state index < -0.39 is 23.4 Å². The standard InChI is InChI=1S/C29H29N3O7S2/c1-16-9-10-19-20(13-16)40-26(23(19)28(35)37-3)31-21(33)14-32-15-30-25-22(27(32)34)17(2)24(41-25)29(36)39-12-11-38-18-7-5-4-6-8-18/h4-8,15-16H,9-14H2,1-3H3,(H,31,33). The molecule has 0 radical (unpaired) electrons. The number of para-hydroxylation sites is 1. The summed E-state index contributed by atoms with van der Waals surface area (Å²) in [7, 11) is 1.32. The molecule has 3 aromatic heterocycles. The zero-order valence-corrected chi connectivity index (χ0v) is 24.5. The fraction of sp³-hybridized carbons (Fsp3) is 0.345. The van der Waals surface area contributed by atoms with Crippen LogP contribution in [0.5, 0.6) is 5.75 Å². The highest BCUT2D eigenvalue weighted by Crippen LogP contribution is 2.40. The van der Waals surface area contributed by atoms with Gasteiger partial charge in [0.15, 0.2) is 0 Å². The third kappa shape index (κ3) is 6.03. The lowest BCUT2D eigenvalue weighted by Gasteiger charge is -2.18. The van der Waals surface area contributed by atoms with Crippen LogP contribution in [0.1, 0.15) is 49.4 Å². The predicted octanol–water partition coefficient (Wildman–Crippen LogP) is 4.61. The molecule has 41 heavy (non-hydrogen) atoms. The molecular formula is C29H29N3O7S2. The van der Waals surface area contributed by atoms with Crippen LogP contribution in [-0.2, 0) is 33.7 Å². The van der Waals surface area contributed by atoms with Crippen molar-refractivity contribution >= 4 is 55.7 Å². The summed E-state index contributed by atoms with van der Waals surface area (Å²) < 4.78 is 17.1. The van der Waals surface area contributed by atoms with Gasteiger partial charge in [0.1, 0.15) is 40.2 Å². The number of aromatic nitrogens is 2. The minimum Gasteiger partial charge on any atom is -0.490 e. The molecule has 0 spiro atoms. The summed E-state index contributed by atoms with van der Waals surface area (Å²) in [6, 6.07) is 9.19. The first-order chi connectivity index (χ1) is 19.8. The molecule has 3 heterocycles. The number of aryl methyl sites for hydroxylation is 1. The molecular weight excluding hydrogens is 566 g/mol. The second kappa shape index (κ2) is 12.2. The van der Waals surface area contributed by atoms with Gasteiger partial charge in [-0.25, -0.2) is 14.6 Å². The van der Waals surface area contributed by atoms with Crippen molar-refractivity contribution in [2.45, 2.75) is 39.7 Å². The number of hydrogen-bond donors (Lipinski definition) is 1. The van der Waals surface area contributed by atoms with Crippen LogP contribution in [0.3, 0.4) is 0 Å². The number of anilines is 1. The highest BCUT2D eigenvalue weighted by molar-refractivity contribution is 7.20. The van der Waals surface area contributed by atoms with Gasteiger partial charge in [0.25, 0.3) is 5.56 Å². The number of amides is 1. The van der Waals surface area contributed by atoms with Crippen LogP contribution in [0.4, 0.5) is 5.00 Å². The molecule has 1 aliphatic carbocycles. The van der Waals surface area contributed by atoms with Gasteiger partial charge >= 0.3 is 11.9 Å². The zero-order valence-electron chi connectivity index (χ0n) is 22.9. The highest BCUT2D eigenvalue weighted by Gasteiger charge is 2.29. The van der Waals surface area contributed by atoms with Crippen molar-refractivity contribution in [2.24, 2.45) is 5.92 Å². The van der Waals surface area contributed by atoms with Gasteiger partial charge in [-0.2, -0.15) is 0 Å². The van der Waals surface area contributed by atoms with Crippen molar-refractivity contribution < 1.29 is 28.6 Å². The van der Waals surface area contributed by atoms with Gasteiger partial charge in [0.2, 0.25) is 5.91 Å². The summed E-state index contributed by atoms with van der Waals surface area (Å²) >= 11 is 2.44. The van der Waals surface area contributed by atoms with Crippen LogP contribution in [0.15, 0.2) is 41.5 Å². The predicted molar refractivity (Wildman–Crippen MR) is 156 cm³/mol. The van der Waals surface area contributed by atoms with Crippen LogP contribution in [-0.4, -0.2) is 47.7 Å². The topological polar surface area (TPSA) is 126 Å². The Kier molecular flexibility index (Phi) is 8.50. The number of methoxy groups -OCH3 is 1. The number of carbonyl (C=O) groups excluding carboxylic acids is 3. The van der Waals surface area contributed by atoms with Crippen molar-refractivity contribution in [3.8, 4) is 5.75 Å². The molecule has 10 nitrogen and oxygen atoms in total. The summed E-state index contributed by atoms with van der Waals surface area (Å²) in [5, 5.41) is 3.49. The van der Waals surface area contributed by atoms with Crippen LogP contribution < -0.4 is 15.6 Å². The maximum atomic E-state index is 13.3. The number of thiophene rings is 2. The summed E-state index contributed by atoms with van der Waals surface area (Å²) in [6.07, 6.45) is 3.82. The highest BCUT2D eigenvalue weighted by atomic mass is 32.1. The van der Waals surface area contributed by atoms with E-state index in [2.05, 4.69) is 17.2 Å². The molecule has 0 aliphatic heterocycles. The van der Waals surface area contributed by atoms with E-state index in [0.717, 1.165) is 41.0 Å². The number of nitrogens with zero attached hydrogens (tertiary/aromatic N) is 2. The monoisotopic (exact) mass is 595 g/mol. The minimum absolute atomic E-state index is 0.0396. The number of rotatable bonds is 9. The number of fused-ring (bicyclic) bond motifs is 2. The Morgan fingerprint density at radius 2 is 1.90 bits per heavy atom. The summed E-state index contributed by atoms with van der Waals surface area (Å²) in [6.45, 7) is 3.73. The maximum absolute atomic E-state index is 13.3. The number of ether oxygens (including phenoxy) is 3. The van der Waals surface area contributed by atoms with E-state index in [1.54, 1.807) is 19.1 Å². The Bertz CT molecular complexity index is 1670. The fourth-order valence-electron chi connectivity index (χ4n) is 4.82. The van der Waals surface area contributed by atoms with Crippen molar-refractivity contribution in [1.29, 1.82) is 0 Å². The molecule has 5 rings (SSSR count). The number of esters is 2. The average molecular weight is 596 g/mol. The minimum atomic E-state index is -0.572. The molecule has 1 aromatic carbocycles. The first kappa shape index (κ1) is 28.5. The Hall–Kier alpha value is -4.03. The summed E-state index contributed by atoms with van der Waals surface area (Å²) in [5.74, 6) is -0.379.